The maximum Gasteiger partial charge on any atom is 0.337 e. The lowest BCUT2D eigenvalue weighted by molar-refractivity contribution is -0.131. The van der Waals surface area contributed by atoms with E-state index in [1.807, 2.05) is 28.8 Å². The maximum atomic E-state index is 12.8. The fraction of sp³-hybridized carbons (Fsp3) is 0.406. The van der Waals surface area contributed by atoms with Crippen LogP contribution in [-0.4, -0.2) is 79.2 Å². The van der Waals surface area contributed by atoms with Crippen LogP contribution >= 0.6 is 23.1 Å². The Morgan fingerprint density at radius 2 is 1.55 bits per heavy atom. The number of thioether (sulfide) groups is 1. The lowest BCUT2D eigenvalue weighted by Gasteiger charge is -2.36. The molecule has 3 aromatic rings. The van der Waals surface area contributed by atoms with Crippen LogP contribution < -0.4 is 15.5 Å². The molecule has 220 valence electrons. The van der Waals surface area contributed by atoms with E-state index < -0.39 is 0 Å². The van der Waals surface area contributed by atoms with Crippen molar-refractivity contribution in [2.45, 2.75) is 43.0 Å². The van der Waals surface area contributed by atoms with Crippen LogP contribution in [-0.2, 0) is 9.53 Å². The molecule has 10 heteroatoms. The number of thiophene rings is 1. The molecule has 3 amide bonds. The Balaban J connectivity index is 0.947. The highest BCUT2D eigenvalue weighted by Crippen LogP contribution is 2.36. The van der Waals surface area contributed by atoms with E-state index in [0.29, 0.717) is 17.2 Å². The number of nitrogens with one attached hydrogen (secondary N) is 2. The number of hydrogen-bond acceptors (Lipinski definition) is 7. The number of carbonyl (C=O) groups is 3. The van der Waals surface area contributed by atoms with Crippen molar-refractivity contribution in [3.63, 3.8) is 0 Å². The average Bonchev–Trinajstić information content (AvgIpc) is 3.76. The maximum absolute atomic E-state index is 12.8. The van der Waals surface area contributed by atoms with Crippen molar-refractivity contribution in [2.24, 2.45) is 0 Å². The van der Waals surface area contributed by atoms with E-state index in [2.05, 4.69) is 51.9 Å². The first kappa shape index (κ1) is 28.6. The smallest absolute Gasteiger partial charge is 0.337 e. The summed E-state index contributed by atoms with van der Waals surface area (Å²) in [7, 11) is 1.39. The fourth-order valence-corrected chi connectivity index (χ4v) is 8.57. The van der Waals surface area contributed by atoms with E-state index in [0.717, 1.165) is 61.6 Å². The number of benzene rings is 2. The molecule has 3 aliphatic heterocycles. The van der Waals surface area contributed by atoms with E-state index in [-0.39, 0.29) is 30.0 Å². The molecule has 3 saturated heterocycles. The summed E-state index contributed by atoms with van der Waals surface area (Å²) in [5, 5.41) is 6.49. The highest BCUT2D eigenvalue weighted by atomic mass is 32.2. The molecule has 3 aliphatic rings. The second-order valence-electron chi connectivity index (χ2n) is 11.0. The van der Waals surface area contributed by atoms with Gasteiger partial charge in [-0.15, -0.1) is 11.3 Å². The van der Waals surface area contributed by atoms with Gasteiger partial charge in [-0.2, -0.15) is 11.8 Å². The zero-order valence-electron chi connectivity index (χ0n) is 23.7. The molecule has 4 heterocycles. The molecule has 0 saturated carbocycles. The molecule has 1 aromatic heterocycles. The van der Waals surface area contributed by atoms with Gasteiger partial charge in [-0.05, 0) is 60.4 Å². The molecule has 3 unspecified atom stereocenters. The van der Waals surface area contributed by atoms with E-state index in [9.17, 15) is 14.4 Å². The molecule has 2 aromatic carbocycles. The third-order valence-electron chi connectivity index (χ3n) is 8.41. The summed E-state index contributed by atoms with van der Waals surface area (Å²) in [6.07, 6.45) is 3.56. The van der Waals surface area contributed by atoms with Gasteiger partial charge >= 0.3 is 12.0 Å². The average molecular weight is 605 g/mol. The molecule has 0 spiro atoms. The third kappa shape index (κ3) is 6.29. The van der Waals surface area contributed by atoms with Gasteiger partial charge in [0.1, 0.15) is 0 Å². The van der Waals surface area contributed by atoms with Gasteiger partial charge in [-0.25, -0.2) is 9.59 Å². The number of amides is 3. The number of unbranched alkanes of at least 4 members (excludes halogenated alkanes) is 1. The van der Waals surface area contributed by atoms with Crippen LogP contribution in [0, 0.1) is 0 Å². The number of hydrogen-bond donors (Lipinski definition) is 2. The Morgan fingerprint density at radius 1 is 0.881 bits per heavy atom. The number of carbonyl (C=O) groups excluding carboxylic acids is 3. The Bertz CT molecular complexity index is 1420. The van der Waals surface area contributed by atoms with Crippen LogP contribution in [0.2, 0.25) is 0 Å². The number of nitrogens with zero attached hydrogens (tertiary/aromatic N) is 2. The van der Waals surface area contributed by atoms with Crippen molar-refractivity contribution in [3.8, 4) is 20.9 Å². The number of methoxy groups -OCH3 is 1. The van der Waals surface area contributed by atoms with Crippen LogP contribution in [0.5, 0.6) is 0 Å². The fourth-order valence-electron chi connectivity index (χ4n) is 6.01. The lowest BCUT2D eigenvalue weighted by atomic mass is 10.0. The van der Waals surface area contributed by atoms with Gasteiger partial charge in [0.15, 0.2) is 0 Å². The van der Waals surface area contributed by atoms with E-state index in [1.54, 1.807) is 23.5 Å². The molecule has 3 atom stereocenters. The van der Waals surface area contributed by atoms with E-state index >= 15 is 0 Å². The quantitative estimate of drug-likeness (QED) is 0.197. The molecule has 6 rings (SSSR count). The number of rotatable bonds is 9. The molecule has 8 nitrogen and oxygen atoms in total. The van der Waals surface area contributed by atoms with Crippen LogP contribution in [0.15, 0.2) is 60.7 Å². The van der Waals surface area contributed by atoms with Gasteiger partial charge in [0, 0.05) is 59.0 Å². The molecule has 0 bridgehead atoms. The Kier molecular flexibility index (Phi) is 8.71. The largest absolute Gasteiger partial charge is 0.465 e. The van der Waals surface area contributed by atoms with Gasteiger partial charge in [0.05, 0.1) is 24.8 Å². The predicted octanol–water partition coefficient (Wildman–Crippen LogP) is 5.24. The molecular formula is C32H36N4O4S2. The highest BCUT2D eigenvalue weighted by molar-refractivity contribution is 8.00. The number of ether oxygens (including phenoxy) is 1. The van der Waals surface area contributed by atoms with Crippen molar-refractivity contribution >= 4 is 46.7 Å². The zero-order valence-corrected chi connectivity index (χ0v) is 25.3. The van der Waals surface area contributed by atoms with Crippen LogP contribution in [0.3, 0.4) is 0 Å². The van der Waals surface area contributed by atoms with Crippen LogP contribution in [0.25, 0.3) is 20.9 Å². The summed E-state index contributed by atoms with van der Waals surface area (Å²) in [6.45, 7) is 3.18. The Labute approximate surface area is 254 Å². The summed E-state index contributed by atoms with van der Waals surface area (Å²) in [4.78, 5) is 42.8. The number of urea groups is 1. The number of esters is 1. The summed E-state index contributed by atoms with van der Waals surface area (Å²) in [5.74, 6) is 0.904. The van der Waals surface area contributed by atoms with Crippen molar-refractivity contribution in [1.29, 1.82) is 0 Å². The van der Waals surface area contributed by atoms with Gasteiger partial charge in [-0.3, -0.25) is 4.79 Å². The normalized spacial score (nSPS) is 21.5. The zero-order chi connectivity index (χ0) is 29.1. The van der Waals surface area contributed by atoms with Crippen LogP contribution in [0.4, 0.5) is 10.5 Å². The first-order valence-electron chi connectivity index (χ1n) is 14.6. The Hall–Kier alpha value is -3.50. The minimum Gasteiger partial charge on any atom is -0.465 e. The second-order valence-corrected chi connectivity index (χ2v) is 13.4. The minimum atomic E-state index is -0.329. The van der Waals surface area contributed by atoms with Crippen molar-refractivity contribution in [1.82, 2.24) is 15.5 Å². The Morgan fingerprint density at radius 3 is 2.21 bits per heavy atom. The van der Waals surface area contributed by atoms with Gasteiger partial charge in [-0.1, -0.05) is 30.7 Å². The third-order valence-corrected chi connectivity index (χ3v) is 11.1. The van der Waals surface area contributed by atoms with E-state index in [4.69, 9.17) is 4.74 Å². The molecule has 0 aliphatic carbocycles. The summed E-state index contributed by atoms with van der Waals surface area (Å²) < 4.78 is 4.79. The summed E-state index contributed by atoms with van der Waals surface area (Å²) >= 11 is 3.66. The summed E-state index contributed by atoms with van der Waals surface area (Å²) in [6, 6.07) is 20.9. The molecule has 42 heavy (non-hydrogen) atoms. The van der Waals surface area contributed by atoms with Gasteiger partial charge in [0.25, 0.3) is 0 Å². The number of piperazine rings is 1. The molecule has 2 N–H and O–H groups in total. The second kappa shape index (κ2) is 12.8. The van der Waals surface area contributed by atoms with Crippen molar-refractivity contribution < 1.29 is 19.1 Å². The summed E-state index contributed by atoms with van der Waals surface area (Å²) in [5.41, 5.74) is 3.98. The highest BCUT2D eigenvalue weighted by Gasteiger charge is 2.42. The van der Waals surface area contributed by atoms with Gasteiger partial charge < -0.3 is 25.2 Å². The van der Waals surface area contributed by atoms with Crippen molar-refractivity contribution in [3.05, 3.63) is 66.2 Å². The van der Waals surface area contributed by atoms with Crippen molar-refractivity contribution in [2.75, 3.05) is 43.9 Å². The number of fused-ring (bicyclic) bond motifs is 1. The topological polar surface area (TPSA) is 91.0 Å². The minimum absolute atomic E-state index is 0.0424. The molecule has 3 fully saturated rings. The SMILES string of the molecule is COC(=O)c1ccc(-c2ccc(-c3ccc(N4CCN(C(=O)CCCCC5SCC6NC(=O)NC65)CC4)cc3)s2)cc1. The standard InChI is InChI=1S/C32H36N4O4S2/c1-40-31(38)23-8-6-21(7-9-23)26-14-15-27(42-26)22-10-12-24(13-11-22)35-16-18-36(19-17-35)29(37)5-3-2-4-28-30-25(20-41-28)33-32(39)34-30/h6-15,25,28,30H,2-5,16-20H2,1H3,(H2,33,34,39). The monoisotopic (exact) mass is 604 g/mol. The molecule has 0 radical (unpaired) electrons. The van der Waals surface area contributed by atoms with Gasteiger partial charge in [0.2, 0.25) is 5.91 Å². The first-order valence-corrected chi connectivity index (χ1v) is 16.5. The lowest BCUT2D eigenvalue weighted by Crippen LogP contribution is -2.48. The first-order chi connectivity index (χ1) is 20.5. The van der Waals surface area contributed by atoms with Crippen LogP contribution in [0.1, 0.15) is 36.0 Å². The number of anilines is 1. The predicted molar refractivity (Wildman–Crippen MR) is 169 cm³/mol. The van der Waals surface area contributed by atoms with E-state index in [1.165, 1.54) is 23.2 Å². The molecular weight excluding hydrogens is 569 g/mol.